The Morgan fingerprint density at radius 1 is 0.944 bits per heavy atom. The molecule has 0 radical (unpaired) electrons. The highest BCUT2D eigenvalue weighted by Crippen LogP contribution is 2.26. The minimum absolute atomic E-state index is 0.0355. The molecular weight excluding hydrogens is 472 g/mol. The Labute approximate surface area is 207 Å². The Balaban J connectivity index is 1.72. The maximum atomic E-state index is 13.1. The quantitative estimate of drug-likeness (QED) is 0.207. The first kappa shape index (κ1) is 26.5. The van der Waals surface area contributed by atoms with E-state index in [2.05, 4.69) is 4.74 Å². The average Bonchev–Trinajstić information content (AvgIpc) is 3.15. The van der Waals surface area contributed by atoms with Crippen molar-refractivity contribution in [1.82, 2.24) is 4.57 Å². The zero-order valence-corrected chi connectivity index (χ0v) is 20.6. The third kappa shape index (κ3) is 6.10. The summed E-state index contributed by atoms with van der Waals surface area (Å²) in [5.74, 6) is 0.117. The third-order valence-corrected chi connectivity index (χ3v) is 5.52. The molecular formula is C27H27F2NO6. The second-order valence-electron chi connectivity index (χ2n) is 7.88. The van der Waals surface area contributed by atoms with E-state index < -0.39 is 18.7 Å². The van der Waals surface area contributed by atoms with Gasteiger partial charge in [0.1, 0.15) is 17.2 Å². The van der Waals surface area contributed by atoms with Crippen LogP contribution in [-0.2, 0) is 9.53 Å². The molecule has 0 N–H and O–H groups in total. The first-order chi connectivity index (χ1) is 17.1. The van der Waals surface area contributed by atoms with Gasteiger partial charge in [0.25, 0.3) is 0 Å². The van der Waals surface area contributed by atoms with Gasteiger partial charge in [-0.15, -0.1) is 0 Å². The lowest BCUT2D eigenvalue weighted by Gasteiger charge is -2.13. The normalized spacial score (nSPS) is 12.0. The first-order valence-electron chi connectivity index (χ1n) is 11.0. The number of nitrogens with zero attached hydrogens (tertiary/aromatic N) is 1. The van der Waals surface area contributed by atoms with Crippen molar-refractivity contribution in [2.45, 2.75) is 33.5 Å². The summed E-state index contributed by atoms with van der Waals surface area (Å²) in [4.78, 5) is 25.4. The van der Waals surface area contributed by atoms with Gasteiger partial charge in [-0.3, -0.25) is 4.79 Å². The molecule has 3 rings (SSSR count). The number of rotatable bonds is 10. The zero-order valence-electron chi connectivity index (χ0n) is 20.6. The summed E-state index contributed by atoms with van der Waals surface area (Å²) >= 11 is 0. The number of ether oxygens (including phenoxy) is 4. The lowest BCUT2D eigenvalue weighted by Crippen LogP contribution is -2.24. The Hall–Kier alpha value is -4.14. The van der Waals surface area contributed by atoms with Gasteiger partial charge in [-0.1, -0.05) is 0 Å². The second-order valence-corrected chi connectivity index (χ2v) is 7.88. The molecule has 2 aromatic carbocycles. The Morgan fingerprint density at radius 2 is 1.61 bits per heavy atom. The lowest BCUT2D eigenvalue weighted by molar-refractivity contribution is -0.140. The van der Waals surface area contributed by atoms with Crippen molar-refractivity contribution in [1.29, 1.82) is 0 Å². The van der Waals surface area contributed by atoms with Crippen molar-refractivity contribution in [2.24, 2.45) is 0 Å². The fraction of sp³-hybridized carbons (Fsp3) is 0.259. The van der Waals surface area contributed by atoms with Crippen molar-refractivity contribution in [3.05, 3.63) is 77.1 Å². The molecule has 0 spiro atoms. The number of methoxy groups -OCH3 is 2. The zero-order chi connectivity index (χ0) is 26.4. The number of hydrogen-bond donors (Lipinski definition) is 0. The number of aryl methyl sites for hydroxylation is 1. The SMILES string of the molecule is COc1ccc(C=CC(=O)OC(C)C(=O)c2cc(C)n(-c3ccc(OC(F)F)cc3)c2C)c(OC)c1. The van der Waals surface area contributed by atoms with Gasteiger partial charge in [0, 0.05) is 40.3 Å². The molecule has 1 unspecified atom stereocenters. The molecule has 1 aromatic heterocycles. The van der Waals surface area contributed by atoms with Crippen LogP contribution >= 0.6 is 0 Å². The molecule has 36 heavy (non-hydrogen) atoms. The molecule has 0 amide bonds. The van der Waals surface area contributed by atoms with Crippen LogP contribution in [-0.4, -0.2) is 43.3 Å². The fourth-order valence-corrected chi connectivity index (χ4v) is 3.79. The van der Waals surface area contributed by atoms with Crippen molar-refractivity contribution >= 4 is 17.8 Å². The Kier molecular flexibility index (Phi) is 8.47. The number of hydrogen-bond acceptors (Lipinski definition) is 6. The van der Waals surface area contributed by atoms with Crippen LogP contribution in [0.5, 0.6) is 17.2 Å². The lowest BCUT2D eigenvalue weighted by atomic mass is 10.1. The number of Topliss-reactive ketones (excluding diaryl/α,β-unsaturated/α-hetero) is 1. The first-order valence-corrected chi connectivity index (χ1v) is 11.0. The topological polar surface area (TPSA) is 76.0 Å². The third-order valence-electron chi connectivity index (χ3n) is 5.52. The minimum Gasteiger partial charge on any atom is -0.497 e. The molecule has 7 nitrogen and oxygen atoms in total. The van der Waals surface area contributed by atoms with E-state index in [-0.39, 0.29) is 11.5 Å². The number of carbonyl (C=O) groups is 2. The van der Waals surface area contributed by atoms with Gasteiger partial charge in [0.05, 0.1) is 14.2 Å². The molecule has 9 heteroatoms. The van der Waals surface area contributed by atoms with Crippen molar-refractivity contribution in [2.75, 3.05) is 14.2 Å². The number of esters is 1. The smallest absolute Gasteiger partial charge is 0.387 e. The predicted molar refractivity (Wildman–Crippen MR) is 130 cm³/mol. The van der Waals surface area contributed by atoms with E-state index in [0.29, 0.717) is 34.0 Å². The van der Waals surface area contributed by atoms with Gasteiger partial charge in [-0.2, -0.15) is 8.78 Å². The summed E-state index contributed by atoms with van der Waals surface area (Å²) < 4.78 is 46.8. The number of benzene rings is 2. The second kappa shape index (κ2) is 11.5. The summed E-state index contributed by atoms with van der Waals surface area (Å²) in [6, 6.07) is 12.9. The van der Waals surface area contributed by atoms with E-state index >= 15 is 0 Å². The molecule has 0 aliphatic carbocycles. The van der Waals surface area contributed by atoms with E-state index in [1.165, 1.54) is 38.3 Å². The van der Waals surface area contributed by atoms with Gasteiger partial charge >= 0.3 is 12.6 Å². The van der Waals surface area contributed by atoms with Crippen LogP contribution in [0.4, 0.5) is 8.78 Å². The number of ketones is 1. The van der Waals surface area contributed by atoms with Crippen LogP contribution in [0.1, 0.15) is 34.2 Å². The maximum absolute atomic E-state index is 13.1. The van der Waals surface area contributed by atoms with Crippen LogP contribution in [0, 0.1) is 13.8 Å². The molecule has 190 valence electrons. The van der Waals surface area contributed by atoms with E-state index in [1.807, 2.05) is 11.5 Å². The largest absolute Gasteiger partial charge is 0.497 e. The highest BCUT2D eigenvalue weighted by Gasteiger charge is 2.24. The summed E-state index contributed by atoms with van der Waals surface area (Å²) in [7, 11) is 3.05. The van der Waals surface area contributed by atoms with Crippen LogP contribution in [0.2, 0.25) is 0 Å². The van der Waals surface area contributed by atoms with Gasteiger partial charge < -0.3 is 23.5 Å². The van der Waals surface area contributed by atoms with E-state index in [4.69, 9.17) is 14.2 Å². The summed E-state index contributed by atoms with van der Waals surface area (Å²) in [5.41, 5.74) is 3.08. The van der Waals surface area contributed by atoms with Crippen molar-refractivity contribution < 1.29 is 37.3 Å². The molecule has 0 saturated heterocycles. The number of aromatic nitrogens is 1. The monoisotopic (exact) mass is 499 g/mol. The molecule has 0 aliphatic heterocycles. The Morgan fingerprint density at radius 3 is 2.22 bits per heavy atom. The minimum atomic E-state index is -2.91. The molecule has 0 aliphatic rings. The van der Waals surface area contributed by atoms with Crippen molar-refractivity contribution in [3.63, 3.8) is 0 Å². The number of alkyl halides is 2. The molecule has 1 atom stereocenters. The van der Waals surface area contributed by atoms with Gasteiger partial charge in [0.2, 0.25) is 5.78 Å². The van der Waals surface area contributed by atoms with Gasteiger partial charge in [-0.05, 0) is 69.3 Å². The van der Waals surface area contributed by atoms with Gasteiger partial charge in [0.15, 0.2) is 6.10 Å². The average molecular weight is 500 g/mol. The van der Waals surface area contributed by atoms with Crippen LogP contribution in [0.25, 0.3) is 11.8 Å². The summed E-state index contributed by atoms with van der Waals surface area (Å²) in [6.07, 6.45) is 1.72. The summed E-state index contributed by atoms with van der Waals surface area (Å²) in [6.45, 7) is 2.17. The predicted octanol–water partition coefficient (Wildman–Crippen LogP) is 5.54. The van der Waals surface area contributed by atoms with Crippen molar-refractivity contribution in [3.8, 4) is 22.9 Å². The van der Waals surface area contributed by atoms with E-state index in [0.717, 1.165) is 5.69 Å². The molecule has 3 aromatic rings. The van der Waals surface area contributed by atoms with Gasteiger partial charge in [-0.25, -0.2) is 4.79 Å². The van der Waals surface area contributed by atoms with Crippen LogP contribution < -0.4 is 14.2 Å². The highest BCUT2D eigenvalue weighted by atomic mass is 19.3. The summed E-state index contributed by atoms with van der Waals surface area (Å²) in [5, 5.41) is 0. The van der Waals surface area contributed by atoms with E-state index in [9.17, 15) is 18.4 Å². The number of carbonyl (C=O) groups excluding carboxylic acids is 2. The highest BCUT2D eigenvalue weighted by molar-refractivity contribution is 6.02. The van der Waals surface area contributed by atoms with Crippen LogP contribution in [0.15, 0.2) is 54.6 Å². The maximum Gasteiger partial charge on any atom is 0.387 e. The molecule has 0 bridgehead atoms. The van der Waals surface area contributed by atoms with Crippen LogP contribution in [0.3, 0.4) is 0 Å². The standard InChI is InChI=1S/C27H27F2NO6/c1-16-14-23(17(2)30(16)20-8-11-21(12-9-20)36-27(28)29)26(32)18(3)35-25(31)13-7-19-6-10-22(33-4)15-24(19)34-5/h6-15,18,27H,1-5H3. The fourth-order valence-electron chi connectivity index (χ4n) is 3.79. The molecule has 0 fully saturated rings. The Bertz CT molecular complexity index is 1260. The van der Waals surface area contributed by atoms with E-state index in [1.54, 1.807) is 50.4 Å². The molecule has 0 saturated carbocycles. The number of halogens is 2. The molecule has 1 heterocycles.